The van der Waals surface area contributed by atoms with Crippen LogP contribution in [0.25, 0.3) is 0 Å². The van der Waals surface area contributed by atoms with E-state index in [4.69, 9.17) is 10.3 Å². The summed E-state index contributed by atoms with van der Waals surface area (Å²) in [6, 6.07) is 2.69. The first-order valence-corrected chi connectivity index (χ1v) is 5.50. The fourth-order valence-electron chi connectivity index (χ4n) is 1.48. The van der Waals surface area contributed by atoms with Crippen LogP contribution in [0.3, 0.4) is 0 Å². The van der Waals surface area contributed by atoms with Crippen molar-refractivity contribution in [3.05, 3.63) is 34.0 Å². The molecule has 2 heterocycles. The number of rotatable bonds is 5. The molecule has 0 saturated carbocycles. The summed E-state index contributed by atoms with van der Waals surface area (Å²) >= 11 is 0. The molecule has 0 bridgehead atoms. The first-order valence-electron chi connectivity index (χ1n) is 5.50. The van der Waals surface area contributed by atoms with Crippen molar-refractivity contribution in [3.8, 4) is 0 Å². The number of nitro groups is 1. The number of nitrogens with one attached hydrogen (secondary N) is 1. The van der Waals surface area contributed by atoms with Gasteiger partial charge in [0.1, 0.15) is 5.82 Å². The first kappa shape index (κ1) is 12.7. The molecule has 0 amide bonds. The molecule has 0 radical (unpaired) electrons. The van der Waals surface area contributed by atoms with Gasteiger partial charge >= 0.3 is 5.69 Å². The molecule has 0 fully saturated rings. The number of aryl methyl sites for hydroxylation is 1. The average Bonchev–Trinajstić information content (AvgIpc) is 2.75. The summed E-state index contributed by atoms with van der Waals surface area (Å²) < 4.78 is 4.82. The highest BCUT2D eigenvalue weighted by Crippen LogP contribution is 2.22. The number of hydrogen-bond donors (Lipinski definition) is 2. The van der Waals surface area contributed by atoms with E-state index in [1.807, 2.05) is 0 Å². The van der Waals surface area contributed by atoms with E-state index >= 15 is 0 Å². The normalized spacial score (nSPS) is 10.4. The lowest BCUT2D eigenvalue weighted by Crippen LogP contribution is -2.10. The van der Waals surface area contributed by atoms with Gasteiger partial charge in [0.25, 0.3) is 0 Å². The third-order valence-electron chi connectivity index (χ3n) is 2.30. The van der Waals surface area contributed by atoms with Crippen LogP contribution in [0.1, 0.15) is 11.7 Å². The summed E-state index contributed by atoms with van der Waals surface area (Å²) in [5.41, 5.74) is 5.37. The molecular formula is C10H12N6O3. The predicted molar refractivity (Wildman–Crippen MR) is 66.5 cm³/mol. The van der Waals surface area contributed by atoms with Gasteiger partial charge in [-0.25, -0.2) is 4.98 Å². The first-order chi connectivity index (χ1) is 9.06. The van der Waals surface area contributed by atoms with Gasteiger partial charge in [0.05, 0.1) is 4.92 Å². The lowest BCUT2D eigenvalue weighted by Gasteiger charge is -2.05. The van der Waals surface area contributed by atoms with E-state index in [1.165, 1.54) is 12.1 Å². The van der Waals surface area contributed by atoms with Crippen LogP contribution in [0.4, 0.5) is 17.3 Å². The van der Waals surface area contributed by atoms with Crippen molar-refractivity contribution in [1.29, 1.82) is 0 Å². The van der Waals surface area contributed by atoms with Gasteiger partial charge in [-0.3, -0.25) is 10.1 Å². The molecule has 9 heteroatoms. The second-order valence-corrected chi connectivity index (χ2v) is 3.77. The largest absolute Gasteiger partial charge is 0.384 e. The molecule has 2 rings (SSSR count). The van der Waals surface area contributed by atoms with Gasteiger partial charge in [-0.1, -0.05) is 5.16 Å². The molecule has 2 aromatic heterocycles. The fourth-order valence-corrected chi connectivity index (χ4v) is 1.48. The van der Waals surface area contributed by atoms with Crippen molar-refractivity contribution >= 4 is 17.3 Å². The van der Waals surface area contributed by atoms with Crippen LogP contribution in [0, 0.1) is 17.0 Å². The molecule has 2 aromatic rings. The molecule has 19 heavy (non-hydrogen) atoms. The molecule has 0 atom stereocenters. The zero-order valence-electron chi connectivity index (χ0n) is 10.2. The zero-order valence-corrected chi connectivity index (χ0v) is 10.2. The van der Waals surface area contributed by atoms with Crippen LogP contribution in [-0.4, -0.2) is 26.6 Å². The Labute approximate surface area is 108 Å². The van der Waals surface area contributed by atoms with Crippen LogP contribution in [0.5, 0.6) is 0 Å². The molecule has 0 unspecified atom stereocenters. The molecular weight excluding hydrogens is 252 g/mol. The number of hydrogen-bond acceptors (Lipinski definition) is 8. The Morgan fingerprint density at radius 2 is 2.26 bits per heavy atom. The topological polar surface area (TPSA) is 133 Å². The highest BCUT2D eigenvalue weighted by Gasteiger charge is 2.15. The van der Waals surface area contributed by atoms with E-state index in [0.717, 1.165) is 0 Å². The number of nitrogens with zero attached hydrogens (tertiary/aromatic N) is 4. The van der Waals surface area contributed by atoms with Crippen LogP contribution >= 0.6 is 0 Å². The molecule has 100 valence electrons. The van der Waals surface area contributed by atoms with Crippen molar-refractivity contribution in [1.82, 2.24) is 15.1 Å². The molecule has 0 aliphatic carbocycles. The van der Waals surface area contributed by atoms with Gasteiger partial charge in [0.2, 0.25) is 11.7 Å². The van der Waals surface area contributed by atoms with Gasteiger partial charge in [-0.2, -0.15) is 4.98 Å². The van der Waals surface area contributed by atoms with E-state index in [2.05, 4.69) is 20.4 Å². The van der Waals surface area contributed by atoms with Crippen LogP contribution in [0.2, 0.25) is 0 Å². The standard InChI is InChI=1S/C10H12N6O3/c1-6-13-9(15-19-6)4-5-12-10-7(16(17)18)2-3-8(11)14-10/h2-3H,4-5H2,1H3,(H3,11,12,14). The molecule has 0 spiro atoms. The lowest BCUT2D eigenvalue weighted by molar-refractivity contribution is -0.384. The minimum absolute atomic E-state index is 0.126. The Hall–Kier alpha value is -2.71. The SMILES string of the molecule is Cc1nc(CCNc2nc(N)ccc2[N+](=O)[O-])no1. The summed E-state index contributed by atoms with van der Waals surface area (Å²) in [4.78, 5) is 18.2. The van der Waals surface area contributed by atoms with Crippen molar-refractivity contribution in [2.75, 3.05) is 17.6 Å². The summed E-state index contributed by atoms with van der Waals surface area (Å²) in [6.07, 6.45) is 0.463. The van der Waals surface area contributed by atoms with Gasteiger partial charge in [-0.15, -0.1) is 0 Å². The molecule has 3 N–H and O–H groups in total. The zero-order chi connectivity index (χ0) is 13.8. The number of pyridine rings is 1. The van der Waals surface area contributed by atoms with E-state index < -0.39 is 4.92 Å². The third kappa shape index (κ3) is 3.15. The Bertz CT molecular complexity index is 597. The smallest absolute Gasteiger partial charge is 0.311 e. The highest BCUT2D eigenvalue weighted by molar-refractivity contribution is 5.59. The number of anilines is 2. The number of nitrogen functional groups attached to an aromatic ring is 1. The van der Waals surface area contributed by atoms with Crippen molar-refractivity contribution in [3.63, 3.8) is 0 Å². The number of nitrogens with two attached hydrogens (primary N) is 1. The summed E-state index contributed by atoms with van der Waals surface area (Å²) in [5, 5.41) is 17.4. The van der Waals surface area contributed by atoms with Crippen LogP contribution in [0.15, 0.2) is 16.7 Å². The third-order valence-corrected chi connectivity index (χ3v) is 2.30. The maximum absolute atomic E-state index is 10.8. The maximum Gasteiger partial charge on any atom is 0.311 e. The Kier molecular flexibility index (Phi) is 3.55. The van der Waals surface area contributed by atoms with Crippen molar-refractivity contribution in [2.24, 2.45) is 0 Å². The van der Waals surface area contributed by atoms with Crippen LogP contribution < -0.4 is 11.1 Å². The molecule has 9 nitrogen and oxygen atoms in total. The molecule has 0 saturated heterocycles. The Morgan fingerprint density at radius 1 is 1.47 bits per heavy atom. The molecule has 0 aliphatic heterocycles. The van der Waals surface area contributed by atoms with Gasteiger partial charge in [0, 0.05) is 26.0 Å². The van der Waals surface area contributed by atoms with Gasteiger partial charge in [0.15, 0.2) is 5.82 Å². The summed E-state index contributed by atoms with van der Waals surface area (Å²) in [7, 11) is 0. The van der Waals surface area contributed by atoms with E-state index in [-0.39, 0.29) is 17.3 Å². The van der Waals surface area contributed by atoms with Crippen LogP contribution in [-0.2, 0) is 6.42 Å². The fraction of sp³-hybridized carbons (Fsp3) is 0.300. The second-order valence-electron chi connectivity index (χ2n) is 3.77. The molecule has 0 aliphatic rings. The van der Waals surface area contributed by atoms with Gasteiger partial charge < -0.3 is 15.6 Å². The molecule has 0 aromatic carbocycles. The lowest BCUT2D eigenvalue weighted by atomic mass is 10.3. The van der Waals surface area contributed by atoms with Gasteiger partial charge in [-0.05, 0) is 6.07 Å². The average molecular weight is 264 g/mol. The minimum Gasteiger partial charge on any atom is -0.384 e. The number of aromatic nitrogens is 3. The monoisotopic (exact) mass is 264 g/mol. The van der Waals surface area contributed by atoms with E-state index in [1.54, 1.807) is 6.92 Å². The quantitative estimate of drug-likeness (QED) is 0.601. The summed E-state index contributed by atoms with van der Waals surface area (Å²) in [6.45, 7) is 2.07. The maximum atomic E-state index is 10.8. The van der Waals surface area contributed by atoms with Crippen molar-refractivity contribution < 1.29 is 9.45 Å². The summed E-state index contributed by atoms with van der Waals surface area (Å²) in [5.74, 6) is 1.34. The Balaban J connectivity index is 2.02. The highest BCUT2D eigenvalue weighted by atomic mass is 16.6. The Morgan fingerprint density at radius 3 is 2.89 bits per heavy atom. The minimum atomic E-state index is -0.521. The van der Waals surface area contributed by atoms with E-state index in [0.29, 0.717) is 24.7 Å². The van der Waals surface area contributed by atoms with E-state index in [9.17, 15) is 10.1 Å². The predicted octanol–water partition coefficient (Wildman–Crippen LogP) is 0.918. The van der Waals surface area contributed by atoms with Crippen molar-refractivity contribution in [2.45, 2.75) is 13.3 Å². The second kappa shape index (κ2) is 5.29.